The van der Waals surface area contributed by atoms with Crippen molar-refractivity contribution in [2.24, 2.45) is 0 Å². The van der Waals surface area contributed by atoms with Crippen LogP contribution >= 0.6 is 22.9 Å². The third-order valence-corrected chi connectivity index (χ3v) is 3.77. The van der Waals surface area contributed by atoms with E-state index < -0.39 is 0 Å². The molecule has 0 aromatic carbocycles. The lowest BCUT2D eigenvalue weighted by Gasteiger charge is -2.19. The van der Waals surface area contributed by atoms with Crippen LogP contribution in [0.4, 0.5) is 5.82 Å². The highest BCUT2D eigenvalue weighted by Gasteiger charge is 2.08. The Hall–Kier alpha value is -1.06. The molecule has 4 heteroatoms. The molecule has 2 rings (SSSR count). The van der Waals surface area contributed by atoms with Crippen LogP contribution in [-0.4, -0.2) is 12.0 Å². The normalized spacial score (nSPS) is 10.5. The van der Waals surface area contributed by atoms with Crippen molar-refractivity contribution in [3.63, 3.8) is 0 Å². The molecule has 0 aliphatic rings. The van der Waals surface area contributed by atoms with Crippen LogP contribution in [0.25, 0.3) is 0 Å². The number of hydrogen-bond donors (Lipinski definition) is 0. The summed E-state index contributed by atoms with van der Waals surface area (Å²) in [6.07, 6.45) is 1.85. The van der Waals surface area contributed by atoms with Gasteiger partial charge in [-0.15, -0.1) is 22.9 Å². The van der Waals surface area contributed by atoms with Gasteiger partial charge in [-0.25, -0.2) is 4.98 Å². The van der Waals surface area contributed by atoms with Crippen LogP contribution < -0.4 is 4.90 Å². The number of hydrogen-bond acceptors (Lipinski definition) is 3. The van der Waals surface area contributed by atoms with Gasteiger partial charge in [-0.3, -0.25) is 0 Å². The maximum Gasteiger partial charge on any atom is 0.131 e. The van der Waals surface area contributed by atoms with Gasteiger partial charge in [-0.05, 0) is 35.6 Å². The highest BCUT2D eigenvalue weighted by molar-refractivity contribution is 7.09. The molecule has 2 aromatic heterocycles. The monoisotopic (exact) mass is 266 g/mol. The molecule has 0 atom stereocenters. The van der Waals surface area contributed by atoms with Crippen molar-refractivity contribution in [2.75, 3.05) is 11.9 Å². The van der Waals surface area contributed by atoms with Gasteiger partial charge in [0.15, 0.2) is 0 Å². The molecule has 0 aliphatic heterocycles. The van der Waals surface area contributed by atoms with E-state index in [-0.39, 0.29) is 0 Å². The number of aromatic nitrogens is 1. The van der Waals surface area contributed by atoms with Crippen LogP contribution in [0, 0.1) is 6.92 Å². The minimum absolute atomic E-state index is 0.517. The summed E-state index contributed by atoms with van der Waals surface area (Å²) < 4.78 is 0. The number of nitrogens with zero attached hydrogens (tertiary/aromatic N) is 2. The van der Waals surface area contributed by atoms with E-state index in [1.54, 1.807) is 11.3 Å². The summed E-state index contributed by atoms with van der Waals surface area (Å²) in [7, 11) is 2.06. The van der Waals surface area contributed by atoms with Gasteiger partial charge in [0.25, 0.3) is 0 Å². The Morgan fingerprint density at radius 1 is 1.47 bits per heavy atom. The molecule has 2 heterocycles. The molecule has 0 saturated heterocycles. The quantitative estimate of drug-likeness (QED) is 0.782. The molecule has 0 aliphatic carbocycles. The Balaban J connectivity index is 2.16. The highest BCUT2D eigenvalue weighted by atomic mass is 35.5. The van der Waals surface area contributed by atoms with Crippen LogP contribution in [0.1, 0.15) is 16.0 Å². The summed E-state index contributed by atoms with van der Waals surface area (Å²) in [6.45, 7) is 2.97. The zero-order valence-corrected chi connectivity index (χ0v) is 11.6. The molecule has 0 saturated carbocycles. The summed E-state index contributed by atoms with van der Waals surface area (Å²) in [6, 6.07) is 6.31. The molecule has 0 fully saturated rings. The average Bonchev–Trinajstić information content (AvgIpc) is 2.81. The molecule has 17 heavy (non-hydrogen) atoms. The Labute approximate surface area is 111 Å². The average molecular weight is 267 g/mol. The standard InChI is InChI=1S/C13H15ClN2S/c1-10-6-11(7-14)8-15-13(10)16(2)9-12-4-3-5-17-12/h3-6,8H,7,9H2,1-2H3. The number of thiophene rings is 1. The van der Waals surface area contributed by atoms with E-state index in [0.717, 1.165) is 17.9 Å². The van der Waals surface area contributed by atoms with E-state index >= 15 is 0 Å². The Kier molecular flexibility index (Phi) is 4.02. The number of alkyl halides is 1. The zero-order chi connectivity index (χ0) is 12.3. The maximum atomic E-state index is 5.79. The van der Waals surface area contributed by atoms with Gasteiger partial charge in [0.05, 0.1) is 6.54 Å². The predicted octanol–water partition coefficient (Wildman–Crippen LogP) is 3.83. The first-order valence-electron chi connectivity index (χ1n) is 5.45. The van der Waals surface area contributed by atoms with Crippen molar-refractivity contribution in [3.8, 4) is 0 Å². The van der Waals surface area contributed by atoms with Crippen molar-refractivity contribution in [3.05, 3.63) is 45.8 Å². The van der Waals surface area contributed by atoms with Gasteiger partial charge in [-0.2, -0.15) is 0 Å². The predicted molar refractivity (Wildman–Crippen MR) is 75.0 cm³/mol. The number of anilines is 1. The lowest BCUT2D eigenvalue weighted by Crippen LogP contribution is -2.18. The van der Waals surface area contributed by atoms with Gasteiger partial charge in [0, 0.05) is 24.0 Å². The molecule has 0 spiro atoms. The van der Waals surface area contributed by atoms with Gasteiger partial charge < -0.3 is 4.90 Å². The SMILES string of the molecule is Cc1cc(CCl)cnc1N(C)Cc1cccs1. The summed E-state index contributed by atoms with van der Waals surface area (Å²) >= 11 is 7.56. The second-order valence-electron chi connectivity index (χ2n) is 4.05. The van der Waals surface area contributed by atoms with Crippen molar-refractivity contribution >= 4 is 28.8 Å². The third kappa shape index (κ3) is 2.99. The summed E-state index contributed by atoms with van der Waals surface area (Å²) in [5, 5.41) is 2.10. The largest absolute Gasteiger partial charge is 0.354 e. The first kappa shape index (κ1) is 12.4. The fourth-order valence-electron chi connectivity index (χ4n) is 1.81. The third-order valence-electron chi connectivity index (χ3n) is 2.60. The maximum absolute atomic E-state index is 5.79. The second-order valence-corrected chi connectivity index (χ2v) is 5.35. The van der Waals surface area contributed by atoms with E-state index in [9.17, 15) is 0 Å². The first-order valence-corrected chi connectivity index (χ1v) is 6.87. The van der Waals surface area contributed by atoms with Gasteiger partial charge >= 0.3 is 0 Å². The smallest absolute Gasteiger partial charge is 0.131 e. The lowest BCUT2D eigenvalue weighted by atomic mass is 10.2. The first-order chi connectivity index (χ1) is 8.20. The Bertz CT molecular complexity index is 482. The van der Waals surface area contributed by atoms with Crippen molar-refractivity contribution in [1.29, 1.82) is 0 Å². The topological polar surface area (TPSA) is 16.1 Å². The van der Waals surface area contributed by atoms with Gasteiger partial charge in [-0.1, -0.05) is 6.07 Å². The van der Waals surface area contributed by atoms with Crippen molar-refractivity contribution in [2.45, 2.75) is 19.3 Å². The summed E-state index contributed by atoms with van der Waals surface area (Å²) in [4.78, 5) is 7.98. The molecule has 90 valence electrons. The van der Waals surface area contributed by atoms with Crippen molar-refractivity contribution in [1.82, 2.24) is 4.98 Å². The molecule has 0 unspecified atom stereocenters. The van der Waals surface area contributed by atoms with Gasteiger partial charge in [0.2, 0.25) is 0 Å². The molecule has 0 bridgehead atoms. The highest BCUT2D eigenvalue weighted by Crippen LogP contribution is 2.20. The number of aryl methyl sites for hydroxylation is 1. The summed E-state index contributed by atoms with van der Waals surface area (Å²) in [5.74, 6) is 1.54. The van der Waals surface area contributed by atoms with E-state index in [0.29, 0.717) is 5.88 Å². The fourth-order valence-corrected chi connectivity index (χ4v) is 2.71. The minimum atomic E-state index is 0.517. The number of pyridine rings is 1. The van der Waals surface area contributed by atoms with Crippen LogP contribution in [0.3, 0.4) is 0 Å². The molecule has 0 radical (unpaired) electrons. The van der Waals surface area contributed by atoms with E-state index in [2.05, 4.69) is 47.4 Å². The van der Waals surface area contributed by atoms with Crippen LogP contribution in [0.5, 0.6) is 0 Å². The lowest BCUT2D eigenvalue weighted by molar-refractivity contribution is 0.902. The molecule has 0 N–H and O–H groups in total. The molecular formula is C13H15ClN2S. The number of halogens is 1. The second kappa shape index (κ2) is 5.52. The zero-order valence-electron chi connectivity index (χ0n) is 9.98. The Morgan fingerprint density at radius 2 is 2.29 bits per heavy atom. The van der Waals surface area contributed by atoms with Crippen LogP contribution in [-0.2, 0) is 12.4 Å². The van der Waals surface area contributed by atoms with Gasteiger partial charge in [0.1, 0.15) is 5.82 Å². The fraction of sp³-hybridized carbons (Fsp3) is 0.308. The molecular weight excluding hydrogens is 252 g/mol. The Morgan fingerprint density at radius 3 is 2.88 bits per heavy atom. The van der Waals surface area contributed by atoms with E-state index in [1.807, 2.05) is 6.20 Å². The minimum Gasteiger partial charge on any atom is -0.354 e. The molecule has 0 amide bonds. The molecule has 2 aromatic rings. The van der Waals surface area contributed by atoms with Crippen molar-refractivity contribution < 1.29 is 0 Å². The van der Waals surface area contributed by atoms with E-state index in [4.69, 9.17) is 11.6 Å². The number of rotatable bonds is 4. The van der Waals surface area contributed by atoms with Crippen LogP contribution in [0.15, 0.2) is 29.8 Å². The van der Waals surface area contributed by atoms with E-state index in [1.165, 1.54) is 10.4 Å². The molecule has 2 nitrogen and oxygen atoms in total. The summed E-state index contributed by atoms with van der Waals surface area (Å²) in [5.41, 5.74) is 2.24. The van der Waals surface area contributed by atoms with Crippen LogP contribution in [0.2, 0.25) is 0 Å².